The van der Waals surface area contributed by atoms with Gasteiger partial charge in [0.2, 0.25) is 5.88 Å². The Balaban J connectivity index is 1.91. The maximum absolute atomic E-state index is 5.34. The molecule has 0 bridgehead atoms. The van der Waals surface area contributed by atoms with Crippen LogP contribution in [0.15, 0.2) is 18.7 Å². The monoisotopic (exact) mass is 248 g/mol. The quantitative estimate of drug-likeness (QED) is 0.765. The lowest BCUT2D eigenvalue weighted by Gasteiger charge is -2.03. The second kappa shape index (κ2) is 6.06. The van der Waals surface area contributed by atoms with Gasteiger partial charge in [-0.1, -0.05) is 6.92 Å². The molecule has 0 saturated carbocycles. The largest absolute Gasteiger partial charge is 0.402 e. The molecule has 0 radical (unpaired) electrons. The first-order valence-electron chi connectivity index (χ1n) is 5.83. The molecule has 7 nitrogen and oxygen atoms in total. The summed E-state index contributed by atoms with van der Waals surface area (Å²) in [6.07, 6.45) is 5.91. The predicted octanol–water partition coefficient (Wildman–Crippen LogP) is 0.897. The van der Waals surface area contributed by atoms with Gasteiger partial charge in [0.1, 0.15) is 6.33 Å². The van der Waals surface area contributed by atoms with Crippen LogP contribution in [-0.4, -0.2) is 31.3 Å². The summed E-state index contributed by atoms with van der Waals surface area (Å²) in [6, 6.07) is 0.267. The second-order valence-corrected chi connectivity index (χ2v) is 3.83. The summed E-state index contributed by atoms with van der Waals surface area (Å²) in [6.45, 7) is 3.80. The number of ether oxygens (including phenoxy) is 1. The molecule has 0 fully saturated rings. The van der Waals surface area contributed by atoms with E-state index in [0.29, 0.717) is 12.4 Å². The van der Waals surface area contributed by atoms with Crippen LogP contribution in [0.2, 0.25) is 0 Å². The molecular weight excluding hydrogens is 232 g/mol. The minimum atomic E-state index is 0.267. The lowest BCUT2D eigenvalue weighted by molar-refractivity contribution is 0.419. The molecule has 0 amide bonds. The zero-order valence-electron chi connectivity index (χ0n) is 10.5. The molecule has 0 spiro atoms. The standard InChI is InChI=1S/C11H16N6O/c1-3-4-12-5-9-6-14-10(7-13-9)18-11-15-8-17(2)16-11/h6-8,12H,3-5H2,1-2H3. The number of hydrogen-bond donors (Lipinski definition) is 1. The molecule has 2 aromatic rings. The third-order valence-corrected chi connectivity index (χ3v) is 2.19. The number of aromatic nitrogens is 5. The third kappa shape index (κ3) is 3.49. The van der Waals surface area contributed by atoms with E-state index in [1.165, 1.54) is 0 Å². The smallest absolute Gasteiger partial charge is 0.342 e. The Morgan fingerprint density at radius 2 is 2.17 bits per heavy atom. The molecule has 0 unspecified atom stereocenters. The van der Waals surface area contributed by atoms with Crippen molar-refractivity contribution in [2.75, 3.05) is 6.54 Å². The van der Waals surface area contributed by atoms with Crippen molar-refractivity contribution in [1.82, 2.24) is 30.0 Å². The van der Waals surface area contributed by atoms with Crippen molar-refractivity contribution in [3.05, 3.63) is 24.4 Å². The minimum absolute atomic E-state index is 0.267. The topological polar surface area (TPSA) is 77.8 Å². The van der Waals surface area contributed by atoms with Crippen molar-refractivity contribution >= 4 is 0 Å². The number of rotatable bonds is 6. The fourth-order valence-electron chi connectivity index (χ4n) is 1.34. The summed E-state index contributed by atoms with van der Waals surface area (Å²) in [5.41, 5.74) is 0.879. The summed E-state index contributed by atoms with van der Waals surface area (Å²) < 4.78 is 6.90. The minimum Gasteiger partial charge on any atom is -0.402 e. The van der Waals surface area contributed by atoms with Crippen molar-refractivity contribution in [3.63, 3.8) is 0 Å². The molecule has 0 aliphatic carbocycles. The van der Waals surface area contributed by atoms with Crippen LogP contribution in [0.25, 0.3) is 0 Å². The highest BCUT2D eigenvalue weighted by Gasteiger charge is 2.03. The first-order chi connectivity index (χ1) is 8.78. The van der Waals surface area contributed by atoms with Gasteiger partial charge in [0.25, 0.3) is 0 Å². The maximum atomic E-state index is 5.34. The molecule has 7 heteroatoms. The van der Waals surface area contributed by atoms with Crippen molar-refractivity contribution in [2.45, 2.75) is 19.9 Å². The summed E-state index contributed by atoms with van der Waals surface area (Å²) in [7, 11) is 1.77. The van der Waals surface area contributed by atoms with Crippen LogP contribution >= 0.6 is 0 Å². The Kier molecular flexibility index (Phi) is 4.19. The molecular formula is C11H16N6O. The van der Waals surface area contributed by atoms with E-state index in [2.05, 4.69) is 32.3 Å². The second-order valence-electron chi connectivity index (χ2n) is 3.83. The Morgan fingerprint density at radius 3 is 2.78 bits per heavy atom. The van der Waals surface area contributed by atoms with Gasteiger partial charge in [-0.3, -0.25) is 9.67 Å². The van der Waals surface area contributed by atoms with Crippen LogP contribution in [-0.2, 0) is 13.6 Å². The highest BCUT2D eigenvalue weighted by atomic mass is 16.5. The van der Waals surface area contributed by atoms with Crippen molar-refractivity contribution in [1.29, 1.82) is 0 Å². The molecule has 0 aliphatic heterocycles. The zero-order valence-corrected chi connectivity index (χ0v) is 10.5. The normalized spacial score (nSPS) is 10.6. The molecule has 96 valence electrons. The van der Waals surface area contributed by atoms with Crippen LogP contribution in [0.4, 0.5) is 0 Å². The van der Waals surface area contributed by atoms with Crippen molar-refractivity contribution in [3.8, 4) is 11.9 Å². The zero-order chi connectivity index (χ0) is 12.8. The molecule has 2 aromatic heterocycles. The van der Waals surface area contributed by atoms with E-state index in [1.807, 2.05) is 0 Å². The molecule has 2 rings (SSSR count). The summed E-state index contributed by atoms with van der Waals surface area (Å²) in [5.74, 6) is 0.389. The highest BCUT2D eigenvalue weighted by molar-refractivity contribution is 5.11. The van der Waals surface area contributed by atoms with E-state index in [4.69, 9.17) is 4.74 Å². The summed E-state index contributed by atoms with van der Waals surface area (Å²) >= 11 is 0. The number of aryl methyl sites for hydroxylation is 1. The molecule has 0 atom stereocenters. The predicted molar refractivity (Wildman–Crippen MR) is 65.1 cm³/mol. The van der Waals surface area contributed by atoms with E-state index in [-0.39, 0.29) is 6.01 Å². The van der Waals surface area contributed by atoms with Crippen LogP contribution in [0.5, 0.6) is 11.9 Å². The third-order valence-electron chi connectivity index (χ3n) is 2.19. The van der Waals surface area contributed by atoms with E-state index in [9.17, 15) is 0 Å². The average Bonchev–Trinajstić information content (AvgIpc) is 2.77. The van der Waals surface area contributed by atoms with Crippen LogP contribution < -0.4 is 10.1 Å². The fraction of sp³-hybridized carbons (Fsp3) is 0.455. The van der Waals surface area contributed by atoms with Crippen LogP contribution in [0.3, 0.4) is 0 Å². The SMILES string of the molecule is CCCNCc1cnc(Oc2ncn(C)n2)cn1. The molecule has 1 N–H and O–H groups in total. The highest BCUT2D eigenvalue weighted by Crippen LogP contribution is 2.12. The van der Waals surface area contributed by atoms with Gasteiger partial charge in [0.15, 0.2) is 0 Å². The summed E-state index contributed by atoms with van der Waals surface area (Å²) in [5, 5.41) is 7.24. The lowest BCUT2D eigenvalue weighted by atomic mass is 10.4. The Hall–Kier alpha value is -2.02. The molecule has 18 heavy (non-hydrogen) atoms. The lowest BCUT2D eigenvalue weighted by Crippen LogP contribution is -2.14. The number of nitrogens with one attached hydrogen (secondary N) is 1. The number of hydrogen-bond acceptors (Lipinski definition) is 6. The summed E-state index contributed by atoms with van der Waals surface area (Å²) in [4.78, 5) is 12.3. The van der Waals surface area contributed by atoms with E-state index in [0.717, 1.165) is 18.7 Å². The van der Waals surface area contributed by atoms with E-state index in [1.54, 1.807) is 30.5 Å². The average molecular weight is 248 g/mol. The Bertz CT molecular complexity index is 481. The van der Waals surface area contributed by atoms with Crippen LogP contribution in [0, 0.1) is 0 Å². The molecule has 0 aliphatic rings. The Labute approximate surface area is 105 Å². The van der Waals surface area contributed by atoms with Gasteiger partial charge in [-0.2, -0.15) is 4.98 Å². The molecule has 0 saturated heterocycles. The maximum Gasteiger partial charge on any atom is 0.342 e. The number of nitrogens with zero attached hydrogens (tertiary/aromatic N) is 5. The molecule has 2 heterocycles. The van der Waals surface area contributed by atoms with E-state index < -0.39 is 0 Å². The fourth-order valence-corrected chi connectivity index (χ4v) is 1.34. The van der Waals surface area contributed by atoms with Crippen LogP contribution in [0.1, 0.15) is 19.0 Å². The van der Waals surface area contributed by atoms with Gasteiger partial charge in [0, 0.05) is 13.6 Å². The van der Waals surface area contributed by atoms with Gasteiger partial charge in [-0.25, -0.2) is 4.98 Å². The van der Waals surface area contributed by atoms with Gasteiger partial charge in [-0.05, 0) is 13.0 Å². The first-order valence-corrected chi connectivity index (χ1v) is 5.83. The molecule has 0 aromatic carbocycles. The Morgan fingerprint density at radius 1 is 1.28 bits per heavy atom. The van der Waals surface area contributed by atoms with Gasteiger partial charge in [-0.15, -0.1) is 5.10 Å². The van der Waals surface area contributed by atoms with Gasteiger partial charge in [0.05, 0.1) is 18.1 Å². The van der Waals surface area contributed by atoms with Gasteiger partial charge < -0.3 is 10.1 Å². The van der Waals surface area contributed by atoms with Gasteiger partial charge >= 0.3 is 6.01 Å². The van der Waals surface area contributed by atoms with E-state index >= 15 is 0 Å². The van der Waals surface area contributed by atoms with Crippen molar-refractivity contribution in [2.24, 2.45) is 7.05 Å². The first kappa shape index (κ1) is 12.4. The van der Waals surface area contributed by atoms with Crippen molar-refractivity contribution < 1.29 is 4.74 Å².